The molecule has 0 aliphatic rings. The van der Waals surface area contributed by atoms with Gasteiger partial charge in [0.25, 0.3) is 5.56 Å². The van der Waals surface area contributed by atoms with Crippen LogP contribution in [-0.2, 0) is 24.2 Å². The van der Waals surface area contributed by atoms with E-state index in [0.29, 0.717) is 36.5 Å². The first-order valence-corrected chi connectivity index (χ1v) is 13.0. The summed E-state index contributed by atoms with van der Waals surface area (Å²) in [6.07, 6.45) is 0.0231. The van der Waals surface area contributed by atoms with E-state index in [1.54, 1.807) is 6.92 Å². The number of nitrogens with zero attached hydrogens (tertiary/aromatic N) is 7. The molecule has 1 atom stereocenters. The highest BCUT2D eigenvalue weighted by Gasteiger charge is 2.24. The quantitative estimate of drug-likeness (QED) is 0.310. The summed E-state index contributed by atoms with van der Waals surface area (Å²) in [6.45, 7) is 8.47. The third-order valence-electron chi connectivity index (χ3n) is 6.83. The van der Waals surface area contributed by atoms with Gasteiger partial charge in [0.05, 0.1) is 0 Å². The number of tetrazole rings is 1. The summed E-state index contributed by atoms with van der Waals surface area (Å²) in [5.74, 6) is 1.37. The van der Waals surface area contributed by atoms with Crippen molar-refractivity contribution in [2.24, 2.45) is 5.92 Å². The molecule has 0 amide bonds. The molecule has 0 spiro atoms. The molecule has 202 valence electrons. The number of benzene rings is 2. The molecule has 0 aliphatic carbocycles. The van der Waals surface area contributed by atoms with E-state index < -0.39 is 11.9 Å². The maximum Gasteiger partial charge on any atom is 0.334 e. The van der Waals surface area contributed by atoms with Crippen LogP contribution in [0.1, 0.15) is 45.3 Å². The van der Waals surface area contributed by atoms with Gasteiger partial charge in [-0.15, -0.1) is 10.2 Å². The highest BCUT2D eigenvalue weighted by atomic mass is 16.5. The minimum atomic E-state index is -0.578. The summed E-state index contributed by atoms with van der Waals surface area (Å²) in [5, 5.41) is 14.5. The topological polar surface area (TPSA) is 126 Å². The van der Waals surface area contributed by atoms with Crippen LogP contribution in [0.3, 0.4) is 0 Å². The van der Waals surface area contributed by atoms with Crippen molar-refractivity contribution in [3.8, 4) is 22.5 Å². The fourth-order valence-electron chi connectivity index (χ4n) is 4.88. The highest BCUT2D eigenvalue weighted by molar-refractivity contribution is 5.80. The Morgan fingerprint density at radius 3 is 2.31 bits per heavy atom. The second kappa shape index (κ2) is 10.8. The Hall–Kier alpha value is -4.38. The van der Waals surface area contributed by atoms with Gasteiger partial charge in [0.1, 0.15) is 12.1 Å². The Morgan fingerprint density at radius 1 is 0.974 bits per heavy atom. The third-order valence-corrected chi connectivity index (χ3v) is 6.83. The molecule has 5 rings (SSSR count). The van der Waals surface area contributed by atoms with Crippen LogP contribution in [0, 0.1) is 5.92 Å². The SMILES string of the molecule is CCc1nc2c(c(=O)n(CC(C)C)c(=O)n2C(C)OC)n1Cc1ccc(-c2ccccc2-c2nn[nH]n2)cc1. The van der Waals surface area contributed by atoms with E-state index in [1.165, 1.54) is 16.2 Å². The summed E-state index contributed by atoms with van der Waals surface area (Å²) < 4.78 is 10.2. The second-order valence-electron chi connectivity index (χ2n) is 9.92. The number of fused-ring (bicyclic) bond motifs is 1. The molecule has 0 fully saturated rings. The lowest BCUT2D eigenvalue weighted by Gasteiger charge is -2.17. The van der Waals surface area contributed by atoms with Crippen LogP contribution in [0.4, 0.5) is 0 Å². The number of aryl methyl sites for hydroxylation is 1. The van der Waals surface area contributed by atoms with Crippen molar-refractivity contribution >= 4 is 11.2 Å². The molecule has 1 unspecified atom stereocenters. The summed E-state index contributed by atoms with van der Waals surface area (Å²) in [6, 6.07) is 16.0. The Bertz CT molecular complexity index is 1710. The standard InChI is InChI=1S/C28H32N8O3/c1-6-23-29-26-24(27(37)35(15-17(2)3)28(38)36(26)18(4)39-5)34(23)16-19-11-13-20(14-12-19)21-9-7-8-10-22(21)25-30-32-33-31-25/h7-14,17-18H,6,15-16H2,1-5H3,(H,30,31,32,33). The largest absolute Gasteiger partial charge is 0.361 e. The number of imidazole rings is 1. The lowest BCUT2D eigenvalue weighted by Crippen LogP contribution is -2.42. The molecule has 2 aromatic carbocycles. The minimum Gasteiger partial charge on any atom is -0.361 e. The van der Waals surface area contributed by atoms with Gasteiger partial charge in [0, 0.05) is 32.2 Å². The van der Waals surface area contributed by atoms with Gasteiger partial charge < -0.3 is 9.30 Å². The number of hydrogen-bond donors (Lipinski definition) is 1. The number of nitrogens with one attached hydrogen (secondary N) is 1. The smallest absolute Gasteiger partial charge is 0.334 e. The zero-order chi connectivity index (χ0) is 27.7. The Labute approximate surface area is 225 Å². The van der Waals surface area contributed by atoms with E-state index >= 15 is 0 Å². The van der Waals surface area contributed by atoms with E-state index in [0.717, 1.165) is 28.1 Å². The van der Waals surface area contributed by atoms with Crippen molar-refractivity contribution in [1.29, 1.82) is 0 Å². The van der Waals surface area contributed by atoms with Crippen LogP contribution in [0.15, 0.2) is 58.1 Å². The molecular weight excluding hydrogens is 496 g/mol. The molecule has 5 aromatic rings. The van der Waals surface area contributed by atoms with E-state index in [4.69, 9.17) is 9.72 Å². The van der Waals surface area contributed by atoms with Crippen molar-refractivity contribution in [3.63, 3.8) is 0 Å². The predicted octanol–water partition coefficient (Wildman–Crippen LogP) is 3.64. The molecule has 11 nitrogen and oxygen atoms in total. The molecule has 3 aromatic heterocycles. The van der Waals surface area contributed by atoms with Gasteiger partial charge in [0.15, 0.2) is 11.2 Å². The molecule has 0 saturated heterocycles. The van der Waals surface area contributed by atoms with Crippen LogP contribution in [0.5, 0.6) is 0 Å². The Kier molecular flexibility index (Phi) is 7.25. The third kappa shape index (κ3) is 4.81. The van der Waals surface area contributed by atoms with Gasteiger partial charge in [-0.25, -0.2) is 14.3 Å². The molecule has 0 saturated carbocycles. The molecule has 0 radical (unpaired) electrons. The van der Waals surface area contributed by atoms with Crippen molar-refractivity contribution < 1.29 is 4.74 Å². The second-order valence-corrected chi connectivity index (χ2v) is 9.92. The van der Waals surface area contributed by atoms with E-state index in [-0.39, 0.29) is 11.5 Å². The van der Waals surface area contributed by atoms with E-state index in [2.05, 4.69) is 20.6 Å². The molecule has 0 aliphatic heterocycles. The number of rotatable bonds is 9. The zero-order valence-electron chi connectivity index (χ0n) is 22.8. The molecular formula is C28H32N8O3. The lowest BCUT2D eigenvalue weighted by atomic mass is 9.98. The van der Waals surface area contributed by atoms with Gasteiger partial charge in [-0.05, 0) is 34.7 Å². The van der Waals surface area contributed by atoms with Crippen molar-refractivity contribution in [2.45, 2.75) is 53.4 Å². The van der Waals surface area contributed by atoms with Crippen LogP contribution in [0.2, 0.25) is 0 Å². The predicted molar refractivity (Wildman–Crippen MR) is 148 cm³/mol. The molecule has 0 bridgehead atoms. The number of aromatic amines is 1. The Morgan fingerprint density at radius 2 is 1.69 bits per heavy atom. The first-order chi connectivity index (χ1) is 18.8. The van der Waals surface area contributed by atoms with Crippen LogP contribution >= 0.6 is 0 Å². The maximum absolute atomic E-state index is 13.7. The summed E-state index contributed by atoms with van der Waals surface area (Å²) >= 11 is 0. The van der Waals surface area contributed by atoms with Gasteiger partial charge in [-0.1, -0.05) is 69.3 Å². The number of ether oxygens (including phenoxy) is 1. The van der Waals surface area contributed by atoms with Gasteiger partial charge >= 0.3 is 5.69 Å². The van der Waals surface area contributed by atoms with Crippen molar-refractivity contribution in [2.75, 3.05) is 7.11 Å². The lowest BCUT2D eigenvalue weighted by molar-refractivity contribution is 0.0583. The van der Waals surface area contributed by atoms with Gasteiger partial charge in [0.2, 0.25) is 5.82 Å². The summed E-state index contributed by atoms with van der Waals surface area (Å²) in [5.41, 5.74) is 3.88. The van der Waals surface area contributed by atoms with Crippen LogP contribution in [0.25, 0.3) is 33.7 Å². The van der Waals surface area contributed by atoms with Crippen molar-refractivity contribution in [1.82, 2.24) is 39.3 Å². The zero-order valence-corrected chi connectivity index (χ0v) is 22.8. The van der Waals surface area contributed by atoms with Gasteiger partial charge in [-0.3, -0.25) is 9.36 Å². The normalized spacial score (nSPS) is 12.5. The number of aromatic nitrogens is 8. The summed E-state index contributed by atoms with van der Waals surface area (Å²) in [4.78, 5) is 31.8. The summed E-state index contributed by atoms with van der Waals surface area (Å²) in [7, 11) is 1.54. The highest BCUT2D eigenvalue weighted by Crippen LogP contribution is 2.30. The number of methoxy groups -OCH3 is 1. The monoisotopic (exact) mass is 528 g/mol. The molecule has 1 N–H and O–H groups in total. The molecule has 3 heterocycles. The van der Waals surface area contributed by atoms with Crippen molar-refractivity contribution in [3.05, 3.63) is 80.8 Å². The average molecular weight is 529 g/mol. The fraction of sp³-hybridized carbons (Fsp3) is 0.357. The first-order valence-electron chi connectivity index (χ1n) is 13.0. The van der Waals surface area contributed by atoms with E-state index in [1.807, 2.05) is 73.9 Å². The van der Waals surface area contributed by atoms with E-state index in [9.17, 15) is 9.59 Å². The average Bonchev–Trinajstić information content (AvgIpc) is 3.60. The number of H-pyrrole nitrogens is 1. The van der Waals surface area contributed by atoms with Crippen LogP contribution in [-0.4, -0.2) is 46.4 Å². The van der Waals surface area contributed by atoms with Gasteiger partial charge in [-0.2, -0.15) is 5.21 Å². The minimum absolute atomic E-state index is 0.115. The number of hydrogen-bond acceptors (Lipinski definition) is 7. The van der Waals surface area contributed by atoms with Crippen LogP contribution < -0.4 is 11.2 Å². The fourth-order valence-corrected chi connectivity index (χ4v) is 4.88. The Balaban J connectivity index is 1.60. The molecule has 39 heavy (non-hydrogen) atoms. The molecule has 11 heteroatoms. The first kappa shape index (κ1) is 26.2. The maximum atomic E-state index is 13.7.